The summed E-state index contributed by atoms with van der Waals surface area (Å²) in [6.45, 7) is 0.451. The number of hydrogen-bond donors (Lipinski definition) is 3. The molecule has 2 rings (SSSR count). The summed E-state index contributed by atoms with van der Waals surface area (Å²) in [6, 6.07) is 1.53. The first-order chi connectivity index (χ1) is 8.56. The summed E-state index contributed by atoms with van der Waals surface area (Å²) in [6.07, 6.45) is 4.02. The Hall–Kier alpha value is -1.11. The summed E-state index contributed by atoms with van der Waals surface area (Å²) < 4.78 is 0. The van der Waals surface area contributed by atoms with E-state index in [2.05, 4.69) is 5.32 Å². The average molecular weight is 304 g/mol. The monoisotopic (exact) mass is 303 g/mol. The van der Waals surface area contributed by atoms with Gasteiger partial charge in [0.1, 0.15) is 0 Å². The predicted molar refractivity (Wildman–Crippen MR) is 77.8 cm³/mol. The van der Waals surface area contributed by atoms with Gasteiger partial charge in [0.15, 0.2) is 0 Å². The standard InChI is InChI=1S/C12H17N3O2S.ClH/c13-7-12(3-1-2-4-12)15-11(17)9-5-8(6-18-9)10(14)16;/h5-6H,1-4,7,13H2,(H2,14,16)(H,15,17);1H. The van der Waals surface area contributed by atoms with Crippen molar-refractivity contribution in [2.24, 2.45) is 11.5 Å². The van der Waals surface area contributed by atoms with Crippen LogP contribution in [0.3, 0.4) is 0 Å². The first kappa shape index (κ1) is 15.9. The topological polar surface area (TPSA) is 98.2 Å². The number of thiophene rings is 1. The van der Waals surface area contributed by atoms with Crippen LogP contribution >= 0.6 is 23.7 Å². The van der Waals surface area contributed by atoms with E-state index in [4.69, 9.17) is 11.5 Å². The molecular weight excluding hydrogens is 286 g/mol. The Morgan fingerprint density at radius 3 is 2.47 bits per heavy atom. The average Bonchev–Trinajstić information content (AvgIpc) is 2.98. The van der Waals surface area contributed by atoms with E-state index in [1.807, 2.05) is 0 Å². The second-order valence-corrected chi connectivity index (χ2v) is 5.62. The molecule has 7 heteroatoms. The van der Waals surface area contributed by atoms with Gasteiger partial charge in [0.2, 0.25) is 5.91 Å². The molecule has 19 heavy (non-hydrogen) atoms. The minimum atomic E-state index is -0.514. The fourth-order valence-corrected chi connectivity index (χ4v) is 3.11. The van der Waals surface area contributed by atoms with E-state index in [0.717, 1.165) is 25.7 Å². The van der Waals surface area contributed by atoms with E-state index in [-0.39, 0.29) is 23.9 Å². The zero-order valence-corrected chi connectivity index (χ0v) is 12.1. The molecule has 2 amide bonds. The number of hydrogen-bond acceptors (Lipinski definition) is 4. The second-order valence-electron chi connectivity index (χ2n) is 4.71. The van der Waals surface area contributed by atoms with Crippen molar-refractivity contribution >= 4 is 35.6 Å². The molecule has 5 nitrogen and oxygen atoms in total. The van der Waals surface area contributed by atoms with Crippen molar-refractivity contribution in [1.82, 2.24) is 5.32 Å². The number of halogens is 1. The predicted octanol–water partition coefficient (Wildman–Crippen LogP) is 1.27. The van der Waals surface area contributed by atoms with Crippen molar-refractivity contribution in [2.75, 3.05) is 6.54 Å². The summed E-state index contributed by atoms with van der Waals surface area (Å²) in [5.41, 5.74) is 11.0. The largest absolute Gasteiger partial charge is 0.366 e. The minimum Gasteiger partial charge on any atom is -0.366 e. The molecule has 0 aliphatic heterocycles. The lowest BCUT2D eigenvalue weighted by atomic mass is 9.98. The van der Waals surface area contributed by atoms with Crippen LogP contribution in [0.4, 0.5) is 0 Å². The van der Waals surface area contributed by atoms with Gasteiger partial charge in [0.25, 0.3) is 5.91 Å². The Kier molecular flexibility index (Phi) is 5.34. The molecule has 0 atom stereocenters. The fourth-order valence-electron chi connectivity index (χ4n) is 2.32. The van der Waals surface area contributed by atoms with Gasteiger partial charge in [-0.2, -0.15) is 0 Å². The van der Waals surface area contributed by atoms with E-state index < -0.39 is 5.91 Å². The summed E-state index contributed by atoms with van der Waals surface area (Å²) >= 11 is 1.22. The Morgan fingerprint density at radius 2 is 2.00 bits per heavy atom. The number of amides is 2. The minimum absolute atomic E-state index is 0. The third kappa shape index (κ3) is 3.46. The van der Waals surface area contributed by atoms with Crippen LogP contribution in [0.15, 0.2) is 11.4 Å². The van der Waals surface area contributed by atoms with Gasteiger partial charge in [0.05, 0.1) is 16.0 Å². The van der Waals surface area contributed by atoms with Crippen LogP contribution in [-0.2, 0) is 0 Å². The summed E-state index contributed by atoms with van der Waals surface area (Å²) in [4.78, 5) is 23.6. The Labute approximate surface area is 122 Å². The molecule has 1 aliphatic carbocycles. The van der Waals surface area contributed by atoms with Crippen LogP contribution in [0, 0.1) is 0 Å². The highest BCUT2D eigenvalue weighted by Gasteiger charge is 2.34. The number of primary amides is 1. The SMILES string of the molecule is Cl.NCC1(NC(=O)c2cc(C(N)=O)cs2)CCCC1. The molecule has 0 unspecified atom stereocenters. The molecular formula is C12H18ClN3O2S. The molecule has 1 aromatic heterocycles. The molecule has 0 spiro atoms. The van der Waals surface area contributed by atoms with E-state index in [0.29, 0.717) is 17.0 Å². The van der Waals surface area contributed by atoms with E-state index in [9.17, 15) is 9.59 Å². The molecule has 0 bridgehead atoms. The van der Waals surface area contributed by atoms with Crippen molar-refractivity contribution < 1.29 is 9.59 Å². The third-order valence-corrected chi connectivity index (χ3v) is 4.37. The smallest absolute Gasteiger partial charge is 0.261 e. The van der Waals surface area contributed by atoms with Gasteiger partial charge >= 0.3 is 0 Å². The van der Waals surface area contributed by atoms with Gasteiger partial charge in [-0.15, -0.1) is 23.7 Å². The quantitative estimate of drug-likeness (QED) is 0.781. The Bertz CT molecular complexity index is 469. The number of nitrogens with two attached hydrogens (primary N) is 2. The molecule has 1 saturated carbocycles. The second kappa shape index (κ2) is 6.36. The normalized spacial score (nSPS) is 16.7. The van der Waals surface area contributed by atoms with Crippen LogP contribution in [0.25, 0.3) is 0 Å². The van der Waals surface area contributed by atoms with Crippen molar-refractivity contribution in [3.63, 3.8) is 0 Å². The maximum atomic E-state index is 12.1. The first-order valence-corrected chi connectivity index (χ1v) is 6.85. The molecule has 1 aliphatic rings. The van der Waals surface area contributed by atoms with Gasteiger partial charge in [-0.25, -0.2) is 0 Å². The highest BCUT2D eigenvalue weighted by molar-refractivity contribution is 7.12. The van der Waals surface area contributed by atoms with Gasteiger partial charge < -0.3 is 16.8 Å². The number of carbonyl (C=O) groups is 2. The zero-order valence-electron chi connectivity index (χ0n) is 10.5. The fraction of sp³-hybridized carbons (Fsp3) is 0.500. The van der Waals surface area contributed by atoms with Crippen LogP contribution < -0.4 is 16.8 Å². The van der Waals surface area contributed by atoms with Gasteiger partial charge in [-0.3, -0.25) is 9.59 Å². The van der Waals surface area contributed by atoms with Crippen molar-refractivity contribution in [3.8, 4) is 0 Å². The number of carbonyl (C=O) groups excluding carboxylic acids is 2. The molecule has 0 radical (unpaired) electrons. The summed E-state index contributed by atoms with van der Waals surface area (Å²) in [5, 5.41) is 4.60. The van der Waals surface area contributed by atoms with Gasteiger partial charge in [-0.1, -0.05) is 12.8 Å². The molecule has 0 saturated heterocycles. The number of rotatable bonds is 4. The lowest BCUT2D eigenvalue weighted by Gasteiger charge is -2.28. The Morgan fingerprint density at radius 1 is 1.37 bits per heavy atom. The first-order valence-electron chi connectivity index (χ1n) is 5.97. The molecule has 1 aromatic rings. The van der Waals surface area contributed by atoms with Crippen LogP contribution in [0.5, 0.6) is 0 Å². The molecule has 0 aromatic carbocycles. The van der Waals surface area contributed by atoms with Crippen molar-refractivity contribution in [2.45, 2.75) is 31.2 Å². The van der Waals surface area contributed by atoms with E-state index >= 15 is 0 Å². The van der Waals surface area contributed by atoms with Crippen molar-refractivity contribution in [3.05, 3.63) is 21.9 Å². The molecule has 106 valence electrons. The summed E-state index contributed by atoms with van der Waals surface area (Å²) in [5.74, 6) is -0.681. The molecule has 1 fully saturated rings. The lowest BCUT2D eigenvalue weighted by molar-refractivity contribution is 0.0907. The lowest BCUT2D eigenvalue weighted by Crippen LogP contribution is -2.51. The van der Waals surface area contributed by atoms with Crippen LogP contribution in [0.1, 0.15) is 45.7 Å². The number of nitrogens with one attached hydrogen (secondary N) is 1. The van der Waals surface area contributed by atoms with Crippen LogP contribution in [-0.4, -0.2) is 23.9 Å². The molecule has 1 heterocycles. The van der Waals surface area contributed by atoms with Gasteiger partial charge in [-0.05, 0) is 18.9 Å². The molecule has 5 N–H and O–H groups in total. The van der Waals surface area contributed by atoms with Crippen molar-refractivity contribution in [1.29, 1.82) is 0 Å². The third-order valence-electron chi connectivity index (χ3n) is 3.44. The highest BCUT2D eigenvalue weighted by Crippen LogP contribution is 2.29. The Balaban J connectivity index is 0.00000180. The van der Waals surface area contributed by atoms with E-state index in [1.54, 1.807) is 5.38 Å². The van der Waals surface area contributed by atoms with Crippen LogP contribution in [0.2, 0.25) is 0 Å². The highest BCUT2D eigenvalue weighted by atomic mass is 35.5. The zero-order chi connectivity index (χ0) is 13.2. The van der Waals surface area contributed by atoms with E-state index in [1.165, 1.54) is 17.4 Å². The maximum Gasteiger partial charge on any atom is 0.261 e. The maximum absolute atomic E-state index is 12.1. The summed E-state index contributed by atoms with van der Waals surface area (Å²) in [7, 11) is 0. The van der Waals surface area contributed by atoms with Gasteiger partial charge in [0, 0.05) is 11.9 Å².